The Morgan fingerprint density at radius 2 is 1.93 bits per heavy atom. The van der Waals surface area contributed by atoms with Gasteiger partial charge in [0.2, 0.25) is 0 Å². The summed E-state index contributed by atoms with van der Waals surface area (Å²) in [6.45, 7) is 5.85. The maximum Gasteiger partial charge on any atom is 0.263 e. The van der Waals surface area contributed by atoms with Crippen molar-refractivity contribution < 1.29 is 4.79 Å². The van der Waals surface area contributed by atoms with Gasteiger partial charge in [-0.2, -0.15) is 0 Å². The Morgan fingerprint density at radius 1 is 1.33 bits per heavy atom. The molecule has 0 unspecified atom stereocenters. The molecule has 0 fully saturated rings. The molecule has 0 spiro atoms. The van der Waals surface area contributed by atoms with Crippen molar-refractivity contribution in [1.29, 1.82) is 0 Å². The van der Waals surface area contributed by atoms with E-state index < -0.39 is 0 Å². The van der Waals surface area contributed by atoms with Crippen molar-refractivity contribution in [3.63, 3.8) is 0 Å². The van der Waals surface area contributed by atoms with Crippen LogP contribution in [0.2, 0.25) is 0 Å². The quantitative estimate of drug-likeness (QED) is 0.711. The van der Waals surface area contributed by atoms with Crippen LogP contribution in [0.25, 0.3) is 0 Å². The van der Waals surface area contributed by atoms with Crippen molar-refractivity contribution in [1.82, 2.24) is 4.90 Å². The molecular formula is C11H16N2OS. The maximum absolute atomic E-state index is 11.8. The molecule has 4 heteroatoms. The molecule has 0 aromatic carbocycles. The summed E-state index contributed by atoms with van der Waals surface area (Å²) in [5.74, 6) is 0.0538. The summed E-state index contributed by atoms with van der Waals surface area (Å²) in [5, 5.41) is 0.931. The first kappa shape index (κ1) is 11.9. The Morgan fingerprint density at radius 3 is 2.40 bits per heavy atom. The average Bonchev–Trinajstić information content (AvgIpc) is 2.45. The predicted octanol–water partition coefficient (Wildman–Crippen LogP) is 2.79. The van der Waals surface area contributed by atoms with Gasteiger partial charge in [0.05, 0.1) is 4.88 Å². The predicted molar refractivity (Wildman–Crippen MR) is 65.6 cm³/mol. The Kier molecular flexibility index (Phi) is 3.63. The fraction of sp³-hybridized carbons (Fsp3) is 0.455. The lowest BCUT2D eigenvalue weighted by atomic mass is 10.2. The van der Waals surface area contributed by atoms with Crippen LogP contribution < -0.4 is 0 Å². The Bertz CT molecular complexity index is 405. The smallest absolute Gasteiger partial charge is 0.263 e. The minimum absolute atomic E-state index is 0.0538. The van der Waals surface area contributed by atoms with Gasteiger partial charge in [-0.1, -0.05) is 0 Å². The van der Waals surface area contributed by atoms with Gasteiger partial charge in [-0.15, -0.1) is 11.3 Å². The molecule has 1 heterocycles. The monoisotopic (exact) mass is 224 g/mol. The standard InChI is InChI=1S/C11H16N2OS/c1-6-12-10-8(3)7(2)9(15-10)11(14)13(4)5/h6H,1-5H3. The van der Waals surface area contributed by atoms with E-state index in [4.69, 9.17) is 0 Å². The zero-order chi connectivity index (χ0) is 11.6. The molecule has 1 rings (SSSR count). The third-order valence-corrected chi connectivity index (χ3v) is 3.56. The molecule has 15 heavy (non-hydrogen) atoms. The van der Waals surface area contributed by atoms with E-state index in [9.17, 15) is 4.79 Å². The minimum Gasteiger partial charge on any atom is -0.344 e. The number of carbonyl (C=O) groups excluding carboxylic acids is 1. The second kappa shape index (κ2) is 4.57. The number of aliphatic imine (C=N–C) groups is 1. The SMILES string of the molecule is CC=Nc1sc(C(=O)N(C)C)c(C)c1C. The van der Waals surface area contributed by atoms with Crippen LogP contribution in [-0.4, -0.2) is 31.1 Å². The van der Waals surface area contributed by atoms with Gasteiger partial charge in [0.1, 0.15) is 5.00 Å². The summed E-state index contributed by atoms with van der Waals surface area (Å²) in [6.07, 6.45) is 1.75. The molecule has 3 nitrogen and oxygen atoms in total. The third-order valence-electron chi connectivity index (χ3n) is 2.27. The first-order valence-electron chi connectivity index (χ1n) is 4.79. The van der Waals surface area contributed by atoms with Crippen molar-refractivity contribution in [2.75, 3.05) is 14.1 Å². The summed E-state index contributed by atoms with van der Waals surface area (Å²) >= 11 is 1.46. The molecule has 82 valence electrons. The van der Waals surface area contributed by atoms with E-state index in [1.165, 1.54) is 11.3 Å². The Balaban J connectivity index is 3.21. The number of carbonyl (C=O) groups is 1. The van der Waals surface area contributed by atoms with Crippen LogP contribution in [0, 0.1) is 13.8 Å². The van der Waals surface area contributed by atoms with Gasteiger partial charge < -0.3 is 4.90 Å². The first-order chi connectivity index (χ1) is 6.99. The second-order valence-electron chi connectivity index (χ2n) is 3.57. The van der Waals surface area contributed by atoms with Crippen LogP contribution in [0.5, 0.6) is 0 Å². The molecule has 0 atom stereocenters. The van der Waals surface area contributed by atoms with Gasteiger partial charge >= 0.3 is 0 Å². The lowest BCUT2D eigenvalue weighted by molar-refractivity contribution is 0.0831. The van der Waals surface area contributed by atoms with Gasteiger partial charge in [-0.05, 0) is 31.9 Å². The normalized spacial score (nSPS) is 11.0. The second-order valence-corrected chi connectivity index (χ2v) is 4.57. The molecule has 0 saturated heterocycles. The van der Waals surface area contributed by atoms with Crippen LogP contribution >= 0.6 is 11.3 Å². The number of thiophene rings is 1. The third kappa shape index (κ3) is 2.26. The fourth-order valence-electron chi connectivity index (χ4n) is 1.23. The van der Waals surface area contributed by atoms with Crippen LogP contribution in [0.4, 0.5) is 5.00 Å². The van der Waals surface area contributed by atoms with Crippen LogP contribution in [-0.2, 0) is 0 Å². The average molecular weight is 224 g/mol. The lowest BCUT2D eigenvalue weighted by Gasteiger charge is -2.08. The number of hydrogen-bond acceptors (Lipinski definition) is 3. The van der Waals surface area contributed by atoms with Crippen LogP contribution in [0.1, 0.15) is 27.7 Å². The van der Waals surface area contributed by atoms with Crippen molar-refractivity contribution >= 4 is 28.5 Å². The van der Waals surface area contributed by atoms with E-state index in [1.807, 2.05) is 20.8 Å². The Hall–Kier alpha value is -1.16. The van der Waals surface area contributed by atoms with E-state index in [1.54, 1.807) is 25.2 Å². The van der Waals surface area contributed by atoms with Crippen molar-refractivity contribution in [2.45, 2.75) is 20.8 Å². The minimum atomic E-state index is 0.0538. The lowest BCUT2D eigenvalue weighted by Crippen LogP contribution is -2.21. The number of hydrogen-bond donors (Lipinski definition) is 0. The van der Waals surface area contributed by atoms with Gasteiger partial charge in [-0.25, -0.2) is 0 Å². The zero-order valence-corrected chi connectivity index (χ0v) is 10.6. The molecule has 1 aromatic rings. The highest BCUT2D eigenvalue weighted by atomic mass is 32.1. The molecule has 0 aliphatic heterocycles. The summed E-state index contributed by atoms with van der Waals surface area (Å²) in [5.41, 5.74) is 2.14. The topological polar surface area (TPSA) is 32.7 Å². The van der Waals surface area contributed by atoms with E-state index in [0.717, 1.165) is 21.0 Å². The molecule has 0 bridgehead atoms. The van der Waals surface area contributed by atoms with Gasteiger partial charge in [0.15, 0.2) is 0 Å². The summed E-state index contributed by atoms with van der Waals surface area (Å²) < 4.78 is 0. The number of amides is 1. The molecule has 0 aliphatic carbocycles. The fourth-order valence-corrected chi connectivity index (χ4v) is 2.46. The van der Waals surface area contributed by atoms with Gasteiger partial charge in [0.25, 0.3) is 5.91 Å². The van der Waals surface area contributed by atoms with E-state index in [2.05, 4.69) is 4.99 Å². The molecule has 1 amide bonds. The zero-order valence-electron chi connectivity index (χ0n) is 9.79. The highest BCUT2D eigenvalue weighted by molar-refractivity contribution is 7.18. The van der Waals surface area contributed by atoms with Crippen molar-refractivity contribution in [2.24, 2.45) is 4.99 Å². The largest absolute Gasteiger partial charge is 0.344 e. The number of rotatable bonds is 2. The molecule has 0 saturated carbocycles. The summed E-state index contributed by atoms with van der Waals surface area (Å²) in [4.78, 5) is 18.5. The van der Waals surface area contributed by atoms with E-state index in [-0.39, 0.29) is 5.91 Å². The van der Waals surface area contributed by atoms with E-state index in [0.29, 0.717) is 0 Å². The summed E-state index contributed by atoms with van der Waals surface area (Å²) in [7, 11) is 3.53. The molecular weight excluding hydrogens is 208 g/mol. The highest BCUT2D eigenvalue weighted by Gasteiger charge is 2.18. The maximum atomic E-state index is 11.8. The number of nitrogens with zero attached hydrogens (tertiary/aromatic N) is 2. The van der Waals surface area contributed by atoms with Crippen molar-refractivity contribution in [3.05, 3.63) is 16.0 Å². The Labute approximate surface area is 94.4 Å². The first-order valence-corrected chi connectivity index (χ1v) is 5.61. The molecule has 0 aliphatic rings. The van der Waals surface area contributed by atoms with Crippen LogP contribution in [0.15, 0.2) is 4.99 Å². The molecule has 0 N–H and O–H groups in total. The van der Waals surface area contributed by atoms with Gasteiger partial charge in [0, 0.05) is 20.3 Å². The highest BCUT2D eigenvalue weighted by Crippen LogP contribution is 2.34. The van der Waals surface area contributed by atoms with E-state index >= 15 is 0 Å². The summed E-state index contributed by atoms with van der Waals surface area (Å²) in [6, 6.07) is 0. The van der Waals surface area contributed by atoms with Crippen LogP contribution in [0.3, 0.4) is 0 Å². The van der Waals surface area contributed by atoms with Crippen molar-refractivity contribution in [3.8, 4) is 0 Å². The molecule has 0 radical (unpaired) electrons. The molecule has 1 aromatic heterocycles. The van der Waals surface area contributed by atoms with Gasteiger partial charge in [-0.3, -0.25) is 9.79 Å².